The number of hydrogen-bond donors (Lipinski definition) is 1. The second-order valence-corrected chi connectivity index (χ2v) is 9.05. The van der Waals surface area contributed by atoms with Crippen molar-refractivity contribution in [3.63, 3.8) is 0 Å². The molecule has 6 heteroatoms. The normalized spacial score (nSPS) is 19.2. The van der Waals surface area contributed by atoms with Crippen LogP contribution in [0.15, 0.2) is 42.7 Å². The molecule has 0 bridgehead atoms. The average molecular weight is 410 g/mol. The van der Waals surface area contributed by atoms with Gasteiger partial charge in [-0.25, -0.2) is 4.79 Å². The largest absolute Gasteiger partial charge is 0.412 e. The fourth-order valence-electron chi connectivity index (χ4n) is 4.55. The van der Waals surface area contributed by atoms with Crippen LogP contribution in [-0.2, 0) is 16.7 Å². The smallest absolute Gasteiger partial charge is 0.410 e. The Morgan fingerprint density at radius 1 is 1.27 bits per heavy atom. The molecule has 0 saturated carbocycles. The summed E-state index contributed by atoms with van der Waals surface area (Å²) in [7, 11) is 0. The van der Waals surface area contributed by atoms with Crippen LogP contribution in [-0.4, -0.2) is 36.9 Å². The highest BCUT2D eigenvalue weighted by Crippen LogP contribution is 2.42. The molecule has 1 aromatic heterocycles. The minimum Gasteiger partial charge on any atom is -0.410 e. The summed E-state index contributed by atoms with van der Waals surface area (Å²) in [6.45, 7) is 9.79. The molecule has 1 fully saturated rings. The van der Waals surface area contributed by atoms with Crippen LogP contribution in [0.3, 0.4) is 0 Å². The zero-order chi connectivity index (χ0) is 21.1. The first-order chi connectivity index (χ1) is 14.4. The van der Waals surface area contributed by atoms with Crippen molar-refractivity contribution < 1.29 is 14.3 Å². The van der Waals surface area contributed by atoms with Crippen LogP contribution >= 0.6 is 0 Å². The summed E-state index contributed by atoms with van der Waals surface area (Å²) < 4.78 is 11.0. The lowest BCUT2D eigenvalue weighted by Gasteiger charge is -2.28. The number of nitrogens with zero attached hydrogens (tertiary/aromatic N) is 2. The molecular weight excluding hydrogens is 378 g/mol. The topological polar surface area (TPSA) is 63.7 Å². The minimum absolute atomic E-state index is 0.0202. The van der Waals surface area contributed by atoms with Crippen LogP contribution in [0.25, 0.3) is 0 Å². The van der Waals surface area contributed by atoms with Gasteiger partial charge in [0.15, 0.2) is 0 Å². The molecule has 0 aliphatic carbocycles. The highest BCUT2D eigenvalue weighted by atomic mass is 16.6. The van der Waals surface area contributed by atoms with Crippen molar-refractivity contribution in [3.05, 3.63) is 53.9 Å². The van der Waals surface area contributed by atoms with Crippen LogP contribution in [0.4, 0.5) is 10.5 Å². The van der Waals surface area contributed by atoms with E-state index in [1.165, 1.54) is 16.8 Å². The fourth-order valence-corrected chi connectivity index (χ4v) is 4.55. The molecule has 2 aromatic rings. The number of carbonyl (C=O) groups is 1. The Morgan fingerprint density at radius 3 is 2.73 bits per heavy atom. The van der Waals surface area contributed by atoms with E-state index in [0.717, 1.165) is 39.1 Å². The molecule has 1 saturated heterocycles. The molecule has 3 heterocycles. The van der Waals surface area contributed by atoms with Gasteiger partial charge < -0.3 is 19.7 Å². The first kappa shape index (κ1) is 20.7. The molecule has 160 valence electrons. The van der Waals surface area contributed by atoms with Gasteiger partial charge in [0.05, 0.1) is 0 Å². The first-order valence-corrected chi connectivity index (χ1v) is 10.8. The van der Waals surface area contributed by atoms with Crippen LogP contribution in [0.1, 0.15) is 44.7 Å². The van der Waals surface area contributed by atoms with Crippen molar-refractivity contribution in [1.29, 1.82) is 0 Å². The molecule has 4 rings (SSSR count). The van der Waals surface area contributed by atoms with E-state index in [0.29, 0.717) is 11.7 Å². The van der Waals surface area contributed by atoms with E-state index >= 15 is 0 Å². The number of carbonyl (C=O) groups excluding carboxylic acids is 1. The average Bonchev–Trinajstić information content (AvgIpc) is 2.98. The Hall–Kier alpha value is -2.60. The Bertz CT molecular complexity index is 879. The molecule has 0 spiro atoms. The van der Waals surface area contributed by atoms with E-state index < -0.39 is 6.09 Å². The molecule has 1 atom stereocenters. The number of benzene rings is 1. The van der Waals surface area contributed by atoms with Crippen LogP contribution in [0, 0.1) is 5.92 Å². The number of fused-ring (bicyclic) bond motifs is 1. The molecule has 2 aliphatic heterocycles. The molecule has 1 N–H and O–H groups in total. The second kappa shape index (κ2) is 8.64. The number of nitrogens with one attached hydrogen (secondary N) is 1. The predicted octanol–water partition coefficient (Wildman–Crippen LogP) is 4.28. The van der Waals surface area contributed by atoms with Crippen LogP contribution in [0.2, 0.25) is 0 Å². The Labute approximate surface area is 178 Å². The summed E-state index contributed by atoms with van der Waals surface area (Å²) in [6.07, 6.45) is 5.21. The molecule has 1 amide bonds. The minimum atomic E-state index is -0.390. The van der Waals surface area contributed by atoms with Gasteiger partial charge in [-0.1, -0.05) is 13.8 Å². The number of aromatic nitrogens is 1. The van der Waals surface area contributed by atoms with Gasteiger partial charge in [0, 0.05) is 55.8 Å². The third-order valence-corrected chi connectivity index (χ3v) is 6.28. The van der Waals surface area contributed by atoms with Crippen LogP contribution in [0.5, 0.6) is 5.75 Å². The van der Waals surface area contributed by atoms with Crippen molar-refractivity contribution in [2.24, 2.45) is 5.92 Å². The number of anilines is 1. The Morgan fingerprint density at radius 2 is 2.00 bits per heavy atom. The molecule has 30 heavy (non-hydrogen) atoms. The van der Waals surface area contributed by atoms with E-state index in [1.54, 1.807) is 0 Å². The lowest BCUT2D eigenvalue weighted by molar-refractivity contribution is 0.0561. The van der Waals surface area contributed by atoms with E-state index in [2.05, 4.69) is 35.1 Å². The maximum atomic E-state index is 12.5. The number of pyridine rings is 1. The van der Waals surface area contributed by atoms with Gasteiger partial charge in [-0.05, 0) is 67.1 Å². The number of hydrogen-bond acceptors (Lipinski definition) is 5. The van der Waals surface area contributed by atoms with Gasteiger partial charge in [-0.3, -0.25) is 4.98 Å². The van der Waals surface area contributed by atoms with Crippen molar-refractivity contribution in [3.8, 4) is 5.75 Å². The number of rotatable bonds is 5. The predicted molar refractivity (Wildman–Crippen MR) is 117 cm³/mol. The Kier molecular flexibility index (Phi) is 5.95. The van der Waals surface area contributed by atoms with Gasteiger partial charge in [0.25, 0.3) is 0 Å². The summed E-state index contributed by atoms with van der Waals surface area (Å²) in [5.74, 6) is 1.02. The van der Waals surface area contributed by atoms with Crippen LogP contribution < -0.4 is 15.0 Å². The highest BCUT2D eigenvalue weighted by molar-refractivity contribution is 5.72. The number of amides is 1. The van der Waals surface area contributed by atoms with E-state index in [9.17, 15) is 4.79 Å². The summed E-state index contributed by atoms with van der Waals surface area (Å²) in [6, 6.07) is 10.1. The Balaban J connectivity index is 1.43. The number of ether oxygens (including phenoxy) is 2. The molecule has 0 radical (unpaired) electrons. The lowest BCUT2D eigenvalue weighted by Crippen LogP contribution is -2.41. The van der Waals surface area contributed by atoms with Gasteiger partial charge in [0.1, 0.15) is 5.75 Å². The van der Waals surface area contributed by atoms with Gasteiger partial charge in [-0.2, -0.15) is 0 Å². The van der Waals surface area contributed by atoms with Gasteiger partial charge >= 0.3 is 6.09 Å². The van der Waals surface area contributed by atoms with E-state index in [-0.39, 0.29) is 11.5 Å². The van der Waals surface area contributed by atoms with Gasteiger partial charge in [0.2, 0.25) is 0 Å². The van der Waals surface area contributed by atoms with Crippen molar-refractivity contribution in [2.45, 2.75) is 51.6 Å². The van der Waals surface area contributed by atoms with E-state index in [4.69, 9.17) is 9.47 Å². The molecular formula is C24H31N3O3. The maximum absolute atomic E-state index is 12.5. The molecule has 1 aromatic carbocycles. The van der Waals surface area contributed by atoms with Crippen molar-refractivity contribution >= 4 is 11.8 Å². The molecule has 1 unspecified atom stereocenters. The summed E-state index contributed by atoms with van der Waals surface area (Å²) in [5, 5.41) is 2.99. The first-order valence-electron chi connectivity index (χ1n) is 10.8. The highest BCUT2D eigenvalue weighted by Gasteiger charge is 2.35. The SMILES string of the molecule is CC(NC(=O)Oc1ccc2c(c1)C(C)(C)CN2Cc1ccncc1)C1CCOCC1. The summed E-state index contributed by atoms with van der Waals surface area (Å²) in [5.41, 5.74) is 3.61. The van der Waals surface area contributed by atoms with E-state index in [1.807, 2.05) is 43.6 Å². The third kappa shape index (κ3) is 4.59. The van der Waals surface area contributed by atoms with Gasteiger partial charge in [-0.15, -0.1) is 0 Å². The zero-order valence-electron chi connectivity index (χ0n) is 18.1. The summed E-state index contributed by atoms with van der Waals surface area (Å²) in [4.78, 5) is 18.9. The second-order valence-electron chi connectivity index (χ2n) is 9.05. The lowest BCUT2D eigenvalue weighted by atomic mass is 9.87. The van der Waals surface area contributed by atoms with Crippen molar-refractivity contribution in [1.82, 2.24) is 10.3 Å². The monoisotopic (exact) mass is 409 g/mol. The zero-order valence-corrected chi connectivity index (χ0v) is 18.1. The van der Waals surface area contributed by atoms with Crippen molar-refractivity contribution in [2.75, 3.05) is 24.7 Å². The molecule has 2 aliphatic rings. The molecule has 6 nitrogen and oxygen atoms in total. The fraction of sp³-hybridized carbons (Fsp3) is 0.500. The quantitative estimate of drug-likeness (QED) is 0.798. The third-order valence-electron chi connectivity index (χ3n) is 6.28. The maximum Gasteiger partial charge on any atom is 0.412 e. The summed E-state index contributed by atoms with van der Waals surface area (Å²) >= 11 is 0. The standard InChI is InChI=1S/C24H31N3O3/c1-17(19-8-12-29-13-9-19)26-23(28)30-20-4-5-22-21(14-20)24(2,3)16-27(22)15-18-6-10-25-11-7-18/h4-7,10-11,14,17,19H,8-9,12-13,15-16H2,1-3H3,(H,26,28).